The van der Waals surface area contributed by atoms with E-state index in [-0.39, 0.29) is 64.7 Å². The minimum absolute atomic E-state index is 0.00429. The van der Waals surface area contributed by atoms with Crippen LogP contribution in [0.1, 0.15) is 172 Å². The maximum absolute atomic E-state index is 13.3. The molecule has 0 aliphatic carbocycles. The molecule has 0 bridgehead atoms. The molecule has 642 valence electrons. The van der Waals surface area contributed by atoms with Crippen LogP contribution in [0, 0.1) is 0 Å². The fourth-order valence-electron chi connectivity index (χ4n) is 13.4. The summed E-state index contributed by atoms with van der Waals surface area (Å²) >= 11 is 3.20. The van der Waals surface area contributed by atoms with Crippen molar-refractivity contribution in [1.82, 2.24) is 58.7 Å². The van der Waals surface area contributed by atoms with Gasteiger partial charge in [0.15, 0.2) is 0 Å². The van der Waals surface area contributed by atoms with E-state index in [2.05, 4.69) is 67.1 Å². The van der Waals surface area contributed by atoms with E-state index in [9.17, 15) is 63.5 Å². The molecule has 0 radical (unpaired) electrons. The van der Waals surface area contributed by atoms with Gasteiger partial charge >= 0.3 is 37.8 Å². The van der Waals surface area contributed by atoms with Crippen LogP contribution in [0.5, 0.6) is 0 Å². The van der Waals surface area contributed by atoms with E-state index >= 15 is 0 Å². The average Bonchev–Trinajstić information content (AvgIpc) is 1.14. The third kappa shape index (κ3) is 21.9. The quantitative estimate of drug-likeness (QED) is 0.0339. The first-order valence-corrected chi connectivity index (χ1v) is 39.1. The first-order chi connectivity index (χ1) is 55.8. The van der Waals surface area contributed by atoms with Crippen LogP contribution in [0.2, 0.25) is 0 Å². The number of nitrogens with two attached hydrogens (primary N) is 3. The van der Waals surface area contributed by atoms with Crippen molar-refractivity contribution in [2.45, 2.75) is 168 Å². The highest BCUT2D eigenvalue weighted by Crippen LogP contribution is 2.42. The number of hydrogen-bond donors (Lipinski definition) is 7. The number of halogens is 10. The minimum atomic E-state index is -4.54. The van der Waals surface area contributed by atoms with Crippen LogP contribution in [-0.4, -0.2) is 134 Å². The number of pyridine rings is 3. The number of amides is 2. The van der Waals surface area contributed by atoms with Gasteiger partial charge in [-0.05, 0) is 238 Å². The van der Waals surface area contributed by atoms with Gasteiger partial charge < -0.3 is 67.1 Å². The van der Waals surface area contributed by atoms with Gasteiger partial charge in [-0.1, -0.05) is 18.2 Å². The highest BCUT2D eigenvalue weighted by atomic mass is 79.9. The summed E-state index contributed by atoms with van der Waals surface area (Å²) in [6.45, 7) is 27.6. The number of benzene rings is 3. The van der Waals surface area contributed by atoms with Crippen LogP contribution in [0.25, 0.3) is 44.2 Å². The Morgan fingerprint density at radius 3 is 1.18 bits per heavy atom. The number of nitrogens with zero attached hydrogens (tertiary/aromatic N) is 11. The lowest BCUT2D eigenvalue weighted by Crippen LogP contribution is -2.41. The van der Waals surface area contributed by atoms with Crippen molar-refractivity contribution in [2.75, 3.05) is 72.4 Å². The zero-order valence-electron chi connectivity index (χ0n) is 69.2. The molecule has 9 aromatic rings. The van der Waals surface area contributed by atoms with Crippen molar-refractivity contribution in [2.24, 2.45) is 21.1 Å². The number of aryl methyl sites for hydroxylation is 3. The van der Waals surface area contributed by atoms with E-state index in [1.807, 2.05) is 66.7 Å². The number of aromatic nitrogens is 9. The zero-order valence-corrected chi connectivity index (χ0v) is 70.8. The number of hydrogen-bond acceptors (Lipinski definition) is 22. The largest absolute Gasteiger partial charge is 0.490 e. The molecule has 10 N–H and O–H groups in total. The number of anilines is 6. The van der Waals surface area contributed by atoms with Crippen LogP contribution >= 0.6 is 15.9 Å². The van der Waals surface area contributed by atoms with Crippen LogP contribution in [0.3, 0.4) is 0 Å². The van der Waals surface area contributed by atoms with E-state index in [0.717, 1.165) is 72.4 Å². The average molecular weight is 1740 g/mol. The number of nitrogens with one attached hydrogen (secondary N) is 4. The van der Waals surface area contributed by atoms with E-state index in [1.54, 1.807) is 90.7 Å². The molecule has 1 saturated heterocycles. The van der Waals surface area contributed by atoms with Gasteiger partial charge in [-0.2, -0.15) is 39.5 Å². The second kappa shape index (κ2) is 35.7. The van der Waals surface area contributed by atoms with E-state index in [1.165, 1.54) is 50.9 Å². The highest BCUT2D eigenvalue weighted by Gasteiger charge is 2.53. The molecule has 1 fully saturated rings. The molecule has 13 rings (SSSR count). The highest BCUT2D eigenvalue weighted by molar-refractivity contribution is 9.10. The number of ether oxygens (including phenoxy) is 2. The van der Waals surface area contributed by atoms with Crippen molar-refractivity contribution in [1.29, 1.82) is 0 Å². The molecule has 3 atom stereocenters. The van der Waals surface area contributed by atoms with Crippen molar-refractivity contribution in [3.05, 3.63) is 196 Å². The summed E-state index contributed by atoms with van der Waals surface area (Å²) in [7, 11) is 4.50. The summed E-state index contributed by atoms with van der Waals surface area (Å²) in [5.74, 6) is 1.16. The van der Waals surface area contributed by atoms with E-state index in [0.29, 0.717) is 115 Å². The van der Waals surface area contributed by atoms with Gasteiger partial charge in [-0.25, -0.2) is 39.5 Å². The Hall–Kier alpha value is -11.1. The Labute approximate surface area is 694 Å². The van der Waals surface area contributed by atoms with E-state index in [4.69, 9.17) is 36.0 Å². The second-order valence-electron chi connectivity index (χ2n) is 32.5. The molecule has 10 heterocycles. The number of fused-ring (bicyclic) bond motifs is 3. The molecule has 0 saturated carbocycles. The maximum atomic E-state index is 13.3. The zero-order chi connectivity index (χ0) is 88.4. The first-order valence-electron chi connectivity index (χ1n) is 38.3. The van der Waals surface area contributed by atoms with Crippen LogP contribution in [0.15, 0.2) is 134 Å². The normalized spacial score (nSPS) is 16.4. The van der Waals surface area contributed by atoms with Gasteiger partial charge in [0, 0.05) is 82.1 Å². The molecule has 27 nitrogen and oxygen atoms in total. The smallest absolute Gasteiger partial charge is 0.444 e. The molecular weight excluding hydrogens is 1640 g/mol. The van der Waals surface area contributed by atoms with Gasteiger partial charge in [0.2, 0.25) is 0 Å². The Bertz CT molecular complexity index is 5650. The molecule has 38 heteroatoms. The standard InChI is InChI=1S/C27H31F3N6O3.C22H23F3N6O.C17H15BrF3N5O.C16H28BNO4/c1-15(17-10-18(27(28,29)30)12-19(31)11-17)34-22-21-13-20(24(37)35(5)23(21)33-14-32-22)16-6-8-36(9-7-16)25(38)39-26(2,3)4;1-12(14-7-15(22(23,24)25)9-16(26)8-14)30-19-18-10-17(13-3-5-27-6-4-13)21(32)31(2)20(18)29-11-28-19;1-8(9-3-10(17(19,20)21)5-11(22)4-9)25-14-12-6-13(18)16(27)26(2)15(12)24-7-23-14;1-14(2,3)20-13(19)18-10-8-12(9-11-18)17-21-15(4,5)16(6,7)22-17/h6,10-15H,7-9,31H2,1-5H3,(H,32,33,34);3,7-12,27H,4-6,26H2,1-2H3,(H,28,29,30);3-8H,22H2,1-2H3,(H,23,24,25);8H,9-11H2,1-7H3/t15-;12-;8-;/m111./s1. The predicted octanol–water partition coefficient (Wildman–Crippen LogP) is 15.7. The second-order valence-corrected chi connectivity index (χ2v) is 33.3. The monoisotopic (exact) mass is 1740 g/mol. The molecule has 6 aromatic heterocycles. The fourth-order valence-corrected chi connectivity index (χ4v) is 13.9. The minimum Gasteiger partial charge on any atom is -0.444 e. The van der Waals surface area contributed by atoms with Gasteiger partial charge in [0.05, 0.1) is 66.6 Å². The van der Waals surface area contributed by atoms with Gasteiger partial charge in [-0.15, -0.1) is 0 Å². The number of carbonyl (C=O) groups excluding carboxylic acids is 2. The number of alkyl halides is 9. The third-order valence-corrected chi connectivity index (χ3v) is 21.1. The molecule has 0 unspecified atom stereocenters. The summed E-state index contributed by atoms with van der Waals surface area (Å²) in [5.41, 5.74) is 18.3. The molecular formula is C82H97BBrF9N18O9. The first kappa shape index (κ1) is 91.2. The summed E-state index contributed by atoms with van der Waals surface area (Å²) in [6, 6.07) is 13.7. The SMILES string of the molecule is CC(C)(C)OC(=O)N1CC=C(B2OC(C)(C)C(C)(C)O2)CC1.C[C@@H](Nc1ncnc2c1cc(Br)c(=O)n2C)c1cc(N)cc(C(F)(F)F)c1.C[C@@H](Nc1ncnc2c1cc(C1=CCN(C(=O)OC(C)(C)C)CC1)c(=O)n2C)c1cc(N)cc(C(F)(F)F)c1.C[C@@H](Nc1ncnc2c1cc(C1=CCNCC1)c(=O)n2C)c1cc(N)cc(C(F)(F)F)c1. The molecule has 4 aliphatic heterocycles. The Morgan fingerprint density at radius 1 is 0.500 bits per heavy atom. The third-order valence-electron chi connectivity index (χ3n) is 20.5. The van der Waals surface area contributed by atoms with Gasteiger partial charge in [0.1, 0.15) is 64.6 Å². The number of nitrogen functional groups attached to an aromatic ring is 3. The molecule has 0 spiro atoms. The summed E-state index contributed by atoms with van der Waals surface area (Å²) < 4.78 is 146. The molecule has 3 aromatic carbocycles. The lowest BCUT2D eigenvalue weighted by molar-refractivity contribution is -0.138. The maximum Gasteiger partial charge on any atom is 0.490 e. The Kier molecular flexibility index (Phi) is 27.1. The van der Waals surface area contributed by atoms with Crippen LogP contribution in [0.4, 0.5) is 83.6 Å². The van der Waals surface area contributed by atoms with Crippen molar-refractivity contribution in [3.63, 3.8) is 0 Å². The van der Waals surface area contributed by atoms with Crippen LogP contribution in [-0.2, 0) is 58.5 Å². The van der Waals surface area contributed by atoms with Crippen molar-refractivity contribution >= 4 is 114 Å². The Balaban J connectivity index is 0.000000172. The number of rotatable bonds is 12. The lowest BCUT2D eigenvalue weighted by atomic mass is 9.75. The van der Waals surface area contributed by atoms with Crippen molar-refractivity contribution in [3.8, 4) is 0 Å². The predicted molar refractivity (Wildman–Crippen MR) is 448 cm³/mol. The van der Waals surface area contributed by atoms with Gasteiger partial charge in [0.25, 0.3) is 16.7 Å². The molecule has 2 amide bonds. The summed E-state index contributed by atoms with van der Waals surface area (Å²) in [5, 5.41) is 14.3. The fraction of sp³-hybridized carbons (Fsp3) is 0.427. The lowest BCUT2D eigenvalue weighted by Gasteiger charge is -2.32. The summed E-state index contributed by atoms with van der Waals surface area (Å²) in [6.07, 6.45) is -2.59. The summed E-state index contributed by atoms with van der Waals surface area (Å²) in [4.78, 5) is 91.3. The molecule has 4 aliphatic rings. The number of carbonyl (C=O) groups is 2. The topological polar surface area (TPSA) is 347 Å². The van der Waals surface area contributed by atoms with Gasteiger partial charge in [-0.3, -0.25) is 28.1 Å². The van der Waals surface area contributed by atoms with Crippen LogP contribution < -0.4 is 55.1 Å². The van der Waals surface area contributed by atoms with E-state index < -0.39 is 70.6 Å². The molecule has 120 heavy (non-hydrogen) atoms. The van der Waals surface area contributed by atoms with Crippen molar-refractivity contribution < 1.29 is 67.9 Å². The Morgan fingerprint density at radius 2 is 0.850 bits per heavy atom.